The lowest BCUT2D eigenvalue weighted by atomic mass is 10.1. The zero-order chi connectivity index (χ0) is 14.4. The Hall–Kier alpha value is -2.62. The van der Waals surface area contributed by atoms with E-state index < -0.39 is 0 Å². The number of carbonyl (C=O) groups is 1. The zero-order valence-corrected chi connectivity index (χ0v) is 11.6. The highest BCUT2D eigenvalue weighted by Gasteiger charge is 2.05. The summed E-state index contributed by atoms with van der Waals surface area (Å²) < 4.78 is 0. The lowest BCUT2D eigenvalue weighted by molar-refractivity contribution is 0.252. The number of hydrogen-bond donors (Lipinski definition) is 2. The van der Waals surface area contributed by atoms with Crippen LogP contribution in [0.1, 0.15) is 16.7 Å². The van der Waals surface area contributed by atoms with Crippen molar-refractivity contribution in [2.24, 2.45) is 5.10 Å². The lowest BCUT2D eigenvalue weighted by Gasteiger charge is -2.10. The second-order valence-corrected chi connectivity index (χ2v) is 4.50. The van der Waals surface area contributed by atoms with Crippen molar-refractivity contribution in [3.63, 3.8) is 0 Å². The molecule has 0 aromatic heterocycles. The molecular weight excluding hydrogens is 250 g/mol. The lowest BCUT2D eigenvalue weighted by Crippen LogP contribution is -2.25. The molecule has 0 fully saturated rings. The van der Waals surface area contributed by atoms with Crippen molar-refractivity contribution < 1.29 is 4.79 Å². The van der Waals surface area contributed by atoms with Gasteiger partial charge in [-0.2, -0.15) is 5.10 Å². The highest BCUT2D eigenvalue weighted by atomic mass is 16.2. The Balaban J connectivity index is 1.95. The average Bonchev–Trinajstić information content (AvgIpc) is 2.44. The van der Waals surface area contributed by atoms with Gasteiger partial charge in [0.2, 0.25) is 0 Å². The molecule has 2 amide bonds. The van der Waals surface area contributed by atoms with E-state index in [0.29, 0.717) is 0 Å². The Morgan fingerprint density at radius 3 is 2.30 bits per heavy atom. The molecule has 2 aromatic rings. The molecule has 2 aromatic carbocycles. The maximum Gasteiger partial charge on any atom is 0.339 e. The van der Waals surface area contributed by atoms with Crippen molar-refractivity contribution in [2.75, 3.05) is 5.32 Å². The quantitative estimate of drug-likeness (QED) is 0.649. The van der Waals surface area contributed by atoms with Gasteiger partial charge in [0.15, 0.2) is 0 Å². The number of anilines is 1. The van der Waals surface area contributed by atoms with Crippen molar-refractivity contribution in [3.05, 3.63) is 65.2 Å². The van der Waals surface area contributed by atoms with Crippen LogP contribution in [0.5, 0.6) is 0 Å². The van der Waals surface area contributed by atoms with E-state index in [-0.39, 0.29) is 6.03 Å². The molecule has 0 spiro atoms. The molecule has 20 heavy (non-hydrogen) atoms. The topological polar surface area (TPSA) is 53.5 Å². The predicted molar refractivity (Wildman–Crippen MR) is 82.1 cm³/mol. The van der Waals surface area contributed by atoms with Crippen LogP contribution in [0, 0.1) is 13.8 Å². The Labute approximate surface area is 118 Å². The van der Waals surface area contributed by atoms with Gasteiger partial charge >= 0.3 is 6.03 Å². The molecule has 102 valence electrons. The highest BCUT2D eigenvalue weighted by Crippen LogP contribution is 2.18. The molecule has 0 heterocycles. The zero-order valence-electron chi connectivity index (χ0n) is 11.6. The summed E-state index contributed by atoms with van der Waals surface area (Å²) >= 11 is 0. The van der Waals surface area contributed by atoms with Crippen LogP contribution >= 0.6 is 0 Å². The minimum atomic E-state index is -0.352. The summed E-state index contributed by atoms with van der Waals surface area (Å²) in [5.74, 6) is 0. The van der Waals surface area contributed by atoms with E-state index >= 15 is 0 Å². The summed E-state index contributed by atoms with van der Waals surface area (Å²) in [7, 11) is 0. The van der Waals surface area contributed by atoms with Crippen LogP contribution in [0.15, 0.2) is 53.6 Å². The summed E-state index contributed by atoms with van der Waals surface area (Å²) in [6, 6.07) is 15.1. The molecule has 0 aliphatic rings. The third-order valence-electron chi connectivity index (χ3n) is 2.90. The summed E-state index contributed by atoms with van der Waals surface area (Å²) in [6.45, 7) is 3.91. The number of aryl methyl sites for hydroxylation is 2. The smallest absolute Gasteiger partial charge is 0.306 e. The van der Waals surface area contributed by atoms with E-state index in [0.717, 1.165) is 22.4 Å². The van der Waals surface area contributed by atoms with Crippen LogP contribution in [0.4, 0.5) is 10.5 Å². The molecule has 0 bridgehead atoms. The summed E-state index contributed by atoms with van der Waals surface area (Å²) in [4.78, 5) is 11.8. The third kappa shape index (κ3) is 3.68. The number of amides is 2. The van der Waals surface area contributed by atoms with Crippen molar-refractivity contribution >= 4 is 17.9 Å². The van der Waals surface area contributed by atoms with Gasteiger partial charge in [-0.1, -0.05) is 48.5 Å². The van der Waals surface area contributed by atoms with Gasteiger partial charge in [0, 0.05) is 5.69 Å². The van der Waals surface area contributed by atoms with Crippen molar-refractivity contribution in [1.82, 2.24) is 5.43 Å². The van der Waals surface area contributed by atoms with Gasteiger partial charge in [-0.25, -0.2) is 10.2 Å². The van der Waals surface area contributed by atoms with Gasteiger partial charge in [-0.05, 0) is 30.5 Å². The van der Waals surface area contributed by atoms with Crippen molar-refractivity contribution in [2.45, 2.75) is 13.8 Å². The number of benzene rings is 2. The van der Waals surface area contributed by atoms with E-state index in [1.54, 1.807) is 6.21 Å². The van der Waals surface area contributed by atoms with Crippen LogP contribution in [0.3, 0.4) is 0 Å². The number of rotatable bonds is 3. The third-order valence-corrected chi connectivity index (χ3v) is 2.90. The molecule has 2 N–H and O–H groups in total. The number of nitrogens with zero attached hydrogens (tertiary/aromatic N) is 1. The molecule has 2 rings (SSSR count). The summed E-state index contributed by atoms with van der Waals surface area (Å²) in [5.41, 5.74) is 6.24. The van der Waals surface area contributed by atoms with Gasteiger partial charge in [0.25, 0.3) is 0 Å². The van der Waals surface area contributed by atoms with Crippen LogP contribution in [-0.4, -0.2) is 12.2 Å². The van der Waals surface area contributed by atoms with E-state index in [4.69, 9.17) is 0 Å². The molecule has 0 saturated heterocycles. The van der Waals surface area contributed by atoms with Crippen LogP contribution < -0.4 is 10.7 Å². The summed E-state index contributed by atoms with van der Waals surface area (Å²) in [6.07, 6.45) is 1.60. The minimum absolute atomic E-state index is 0.352. The average molecular weight is 267 g/mol. The Bertz CT molecular complexity index is 601. The molecular formula is C16H17N3O. The molecule has 0 aliphatic carbocycles. The SMILES string of the molecule is Cc1cccc(C)c1NC(=O)N/N=C\c1ccccc1. The first-order valence-corrected chi connectivity index (χ1v) is 6.38. The number of urea groups is 1. The normalized spacial score (nSPS) is 10.5. The minimum Gasteiger partial charge on any atom is -0.306 e. The number of carbonyl (C=O) groups excluding carboxylic acids is 1. The van der Waals surface area contributed by atoms with E-state index in [1.165, 1.54) is 0 Å². The molecule has 0 aliphatic heterocycles. The number of hydrogen-bond acceptors (Lipinski definition) is 2. The monoisotopic (exact) mass is 267 g/mol. The van der Waals surface area contributed by atoms with E-state index in [2.05, 4.69) is 15.8 Å². The molecule has 0 radical (unpaired) electrons. The largest absolute Gasteiger partial charge is 0.339 e. The first kappa shape index (κ1) is 13.8. The molecule has 4 nitrogen and oxygen atoms in total. The number of nitrogens with one attached hydrogen (secondary N) is 2. The van der Waals surface area contributed by atoms with Gasteiger partial charge < -0.3 is 5.32 Å². The van der Waals surface area contributed by atoms with Crippen molar-refractivity contribution in [1.29, 1.82) is 0 Å². The second-order valence-electron chi connectivity index (χ2n) is 4.50. The van der Waals surface area contributed by atoms with Gasteiger partial charge in [-0.3, -0.25) is 0 Å². The van der Waals surface area contributed by atoms with Crippen LogP contribution in [0.2, 0.25) is 0 Å². The maximum absolute atomic E-state index is 11.8. The number of hydrazone groups is 1. The van der Waals surface area contributed by atoms with E-state index in [1.807, 2.05) is 62.4 Å². The fourth-order valence-electron chi connectivity index (χ4n) is 1.86. The Morgan fingerprint density at radius 2 is 1.65 bits per heavy atom. The van der Waals surface area contributed by atoms with Gasteiger partial charge in [0.1, 0.15) is 0 Å². The maximum atomic E-state index is 11.8. The molecule has 0 saturated carbocycles. The van der Waals surface area contributed by atoms with Crippen LogP contribution in [-0.2, 0) is 0 Å². The Kier molecular flexibility index (Phi) is 4.50. The molecule has 0 atom stereocenters. The fourth-order valence-corrected chi connectivity index (χ4v) is 1.86. The van der Waals surface area contributed by atoms with Crippen molar-refractivity contribution in [3.8, 4) is 0 Å². The summed E-state index contributed by atoms with van der Waals surface area (Å²) in [5, 5.41) is 6.71. The van der Waals surface area contributed by atoms with Gasteiger partial charge in [0.05, 0.1) is 6.21 Å². The molecule has 0 unspecified atom stereocenters. The first-order chi connectivity index (χ1) is 9.66. The van der Waals surface area contributed by atoms with E-state index in [9.17, 15) is 4.79 Å². The second kappa shape index (κ2) is 6.52. The fraction of sp³-hybridized carbons (Fsp3) is 0.125. The first-order valence-electron chi connectivity index (χ1n) is 6.38. The predicted octanol–water partition coefficient (Wildman–Crippen LogP) is 3.46. The number of para-hydroxylation sites is 1. The van der Waals surface area contributed by atoms with Crippen LogP contribution in [0.25, 0.3) is 0 Å². The Morgan fingerprint density at radius 1 is 1.00 bits per heavy atom. The highest BCUT2D eigenvalue weighted by molar-refractivity contribution is 5.91. The standard InChI is InChI=1S/C16H17N3O/c1-12-7-6-8-13(2)15(12)18-16(20)19-17-11-14-9-4-3-5-10-14/h3-11H,1-2H3,(H2,18,19,20)/b17-11-. The molecule has 4 heteroatoms. The van der Waals surface area contributed by atoms with Gasteiger partial charge in [-0.15, -0.1) is 0 Å².